The molecule has 0 spiro atoms. The first-order chi connectivity index (χ1) is 14.8. The zero-order chi connectivity index (χ0) is 21.3. The van der Waals surface area contributed by atoms with Gasteiger partial charge in [0.1, 0.15) is 0 Å². The van der Waals surface area contributed by atoms with Gasteiger partial charge < -0.3 is 0 Å². The minimum absolute atomic E-state index is 1.11. The molecule has 0 nitrogen and oxygen atoms in total. The van der Waals surface area contributed by atoms with Crippen molar-refractivity contribution >= 4 is 0 Å². The van der Waals surface area contributed by atoms with Crippen molar-refractivity contribution in [2.75, 3.05) is 0 Å². The molecule has 0 aliphatic heterocycles. The number of rotatable bonds is 16. The van der Waals surface area contributed by atoms with Crippen LogP contribution in [0.1, 0.15) is 143 Å². The molecule has 4 aliphatic carbocycles. The van der Waals surface area contributed by atoms with E-state index in [2.05, 4.69) is 27.7 Å². The van der Waals surface area contributed by atoms with Gasteiger partial charge >= 0.3 is 0 Å². The van der Waals surface area contributed by atoms with Gasteiger partial charge in [0.15, 0.2) is 0 Å². The van der Waals surface area contributed by atoms with E-state index in [0.29, 0.717) is 0 Å². The summed E-state index contributed by atoms with van der Waals surface area (Å²) in [5.41, 5.74) is 0. The van der Waals surface area contributed by atoms with Gasteiger partial charge in [0.25, 0.3) is 0 Å². The van der Waals surface area contributed by atoms with E-state index >= 15 is 0 Å². The fourth-order valence-electron chi connectivity index (χ4n) is 8.80. The van der Waals surface area contributed by atoms with Gasteiger partial charge in [0, 0.05) is 0 Å². The van der Waals surface area contributed by atoms with E-state index in [4.69, 9.17) is 0 Å². The van der Waals surface area contributed by atoms with Crippen LogP contribution >= 0.6 is 0 Å². The molecule has 0 atom stereocenters. The molecule has 4 saturated carbocycles. The molecule has 0 aromatic rings. The minimum atomic E-state index is 1.11. The Kier molecular flexibility index (Phi) is 10.6. The first-order valence-electron chi connectivity index (χ1n) is 14.8. The summed E-state index contributed by atoms with van der Waals surface area (Å²) in [6.45, 7) is 9.55. The lowest BCUT2D eigenvalue weighted by Gasteiger charge is -2.66. The van der Waals surface area contributed by atoms with Crippen LogP contribution in [0.4, 0.5) is 0 Å². The Morgan fingerprint density at radius 2 is 0.600 bits per heavy atom. The Hall–Kier alpha value is 0. The van der Waals surface area contributed by atoms with E-state index in [9.17, 15) is 0 Å². The van der Waals surface area contributed by atoms with Crippen molar-refractivity contribution in [2.45, 2.75) is 143 Å². The molecule has 0 N–H and O–H groups in total. The average Bonchev–Trinajstić information content (AvgIpc) is 2.74. The van der Waals surface area contributed by atoms with Gasteiger partial charge in [0.05, 0.1) is 0 Å². The minimum Gasteiger partial charge on any atom is -0.0654 e. The second kappa shape index (κ2) is 12.9. The topological polar surface area (TPSA) is 0 Å². The van der Waals surface area contributed by atoms with Gasteiger partial charge in [-0.3, -0.25) is 0 Å². The first kappa shape index (κ1) is 24.6. The second-order valence-corrected chi connectivity index (χ2v) is 11.8. The van der Waals surface area contributed by atoms with E-state index < -0.39 is 0 Å². The van der Waals surface area contributed by atoms with Crippen LogP contribution in [-0.4, -0.2) is 0 Å². The van der Waals surface area contributed by atoms with E-state index in [1.54, 1.807) is 38.5 Å². The van der Waals surface area contributed by atoms with Crippen molar-refractivity contribution in [3.8, 4) is 0 Å². The van der Waals surface area contributed by atoms with Crippen LogP contribution in [0.25, 0.3) is 0 Å². The van der Waals surface area contributed by atoms with Crippen LogP contribution in [-0.2, 0) is 0 Å². The third kappa shape index (κ3) is 5.67. The van der Waals surface area contributed by atoms with Crippen LogP contribution in [0.3, 0.4) is 0 Å². The number of hydrogen-bond donors (Lipinski definition) is 0. The zero-order valence-electron chi connectivity index (χ0n) is 21.3. The van der Waals surface area contributed by atoms with E-state index in [1.165, 1.54) is 77.0 Å². The predicted molar refractivity (Wildman–Crippen MR) is 134 cm³/mol. The highest BCUT2D eigenvalue weighted by Crippen LogP contribution is 2.67. The Balaban J connectivity index is 1.75. The molecule has 0 heterocycles. The molecule has 4 aliphatic rings. The molecule has 0 amide bonds. The maximum atomic E-state index is 2.39. The summed E-state index contributed by atoms with van der Waals surface area (Å²) >= 11 is 0. The van der Waals surface area contributed by atoms with Crippen molar-refractivity contribution in [3.63, 3.8) is 0 Å². The quantitative estimate of drug-likeness (QED) is 0.219. The number of unbranched alkanes of at least 4 members (excludes halogenated alkanes) is 8. The van der Waals surface area contributed by atoms with E-state index in [0.717, 1.165) is 47.3 Å². The third-order valence-electron chi connectivity index (χ3n) is 10.1. The molecule has 4 fully saturated rings. The highest BCUT2D eigenvalue weighted by atomic mass is 14.6. The lowest BCUT2D eigenvalue weighted by Crippen LogP contribution is -2.59. The van der Waals surface area contributed by atoms with Gasteiger partial charge in [-0.15, -0.1) is 0 Å². The SMILES string of the molecule is CCCCCC1C2CC3C(CCCCC)C1CC(C2CCCCC)C3CCCCC. The average molecular weight is 417 g/mol. The fraction of sp³-hybridized carbons (Fsp3) is 1.00. The van der Waals surface area contributed by atoms with Gasteiger partial charge in [-0.05, 0) is 85.9 Å². The monoisotopic (exact) mass is 416 g/mol. The fourth-order valence-corrected chi connectivity index (χ4v) is 8.80. The molecule has 0 aromatic carbocycles. The standard InChI is InChI=1S/C30H56/c1-5-9-13-17-23-27-21-30-25(19-15-11-7-3)28(23)22-29(24(27)18-14-10-6-2)26(30)20-16-12-8-4/h23-30H,5-22H2,1-4H3. The predicted octanol–water partition coefficient (Wildman–Crippen LogP) is 10.1. The molecule has 0 aromatic heterocycles. The van der Waals surface area contributed by atoms with Gasteiger partial charge in [0.2, 0.25) is 0 Å². The maximum absolute atomic E-state index is 2.39. The van der Waals surface area contributed by atoms with Crippen LogP contribution in [0, 0.1) is 47.3 Å². The smallest absolute Gasteiger partial charge is 0.0349 e. The summed E-state index contributed by atoms with van der Waals surface area (Å²) in [5.74, 6) is 8.93. The number of hydrogen-bond acceptors (Lipinski definition) is 0. The Morgan fingerprint density at radius 1 is 0.367 bits per heavy atom. The van der Waals surface area contributed by atoms with Gasteiger partial charge in [-0.2, -0.15) is 0 Å². The second-order valence-electron chi connectivity index (χ2n) is 11.8. The Bertz CT molecular complexity index is 355. The summed E-state index contributed by atoms with van der Waals surface area (Å²) in [4.78, 5) is 0. The van der Waals surface area contributed by atoms with Crippen molar-refractivity contribution in [1.82, 2.24) is 0 Å². The Labute approximate surface area is 190 Å². The van der Waals surface area contributed by atoms with Crippen molar-refractivity contribution < 1.29 is 0 Å². The summed E-state index contributed by atoms with van der Waals surface area (Å²) in [6.07, 6.45) is 27.2. The van der Waals surface area contributed by atoms with Crippen LogP contribution < -0.4 is 0 Å². The summed E-state index contributed by atoms with van der Waals surface area (Å²) in [5, 5.41) is 0. The molecule has 0 radical (unpaired) electrons. The molecule has 0 heteroatoms. The molecule has 30 heavy (non-hydrogen) atoms. The molecule has 0 unspecified atom stereocenters. The third-order valence-corrected chi connectivity index (χ3v) is 10.1. The summed E-state index contributed by atoms with van der Waals surface area (Å²) in [6, 6.07) is 0. The molecular weight excluding hydrogens is 360 g/mol. The van der Waals surface area contributed by atoms with E-state index in [-0.39, 0.29) is 0 Å². The summed E-state index contributed by atoms with van der Waals surface area (Å²) < 4.78 is 0. The molecule has 176 valence electrons. The van der Waals surface area contributed by atoms with Crippen molar-refractivity contribution in [1.29, 1.82) is 0 Å². The highest BCUT2D eigenvalue weighted by Gasteiger charge is 2.59. The molecule has 4 rings (SSSR count). The first-order valence-corrected chi connectivity index (χ1v) is 14.8. The van der Waals surface area contributed by atoms with Gasteiger partial charge in [-0.25, -0.2) is 0 Å². The molecule has 4 bridgehead atoms. The van der Waals surface area contributed by atoms with Crippen molar-refractivity contribution in [3.05, 3.63) is 0 Å². The van der Waals surface area contributed by atoms with E-state index in [1.807, 2.05) is 0 Å². The van der Waals surface area contributed by atoms with Crippen LogP contribution in [0.15, 0.2) is 0 Å². The zero-order valence-corrected chi connectivity index (χ0v) is 21.3. The molecule has 0 saturated heterocycles. The summed E-state index contributed by atoms with van der Waals surface area (Å²) in [7, 11) is 0. The van der Waals surface area contributed by atoms with Crippen LogP contribution in [0.2, 0.25) is 0 Å². The normalized spacial score (nSPS) is 37.2. The maximum Gasteiger partial charge on any atom is -0.0349 e. The lowest BCUT2D eigenvalue weighted by molar-refractivity contribution is -0.170. The van der Waals surface area contributed by atoms with Crippen molar-refractivity contribution in [2.24, 2.45) is 47.3 Å². The molecular formula is C30H56. The van der Waals surface area contributed by atoms with Gasteiger partial charge in [-0.1, -0.05) is 105 Å². The largest absolute Gasteiger partial charge is 0.0654 e. The van der Waals surface area contributed by atoms with Crippen LogP contribution in [0.5, 0.6) is 0 Å². The Morgan fingerprint density at radius 3 is 0.800 bits per heavy atom. The highest BCUT2D eigenvalue weighted by molar-refractivity contribution is 5.08. The lowest BCUT2D eigenvalue weighted by atomic mass is 9.39.